The Morgan fingerprint density at radius 1 is 1.02 bits per heavy atom. The molecular weight excluding hydrogens is 613 g/mol. The molecule has 1 amide bonds. The van der Waals surface area contributed by atoms with Crippen LogP contribution in [0.15, 0.2) is 59.7 Å². The van der Waals surface area contributed by atoms with Crippen molar-refractivity contribution >= 4 is 28.6 Å². The largest absolute Gasteiger partial charge is 0.370 e. The molecule has 256 valence electrons. The molecule has 6 nitrogen and oxygen atoms in total. The van der Waals surface area contributed by atoms with Crippen molar-refractivity contribution < 1.29 is 4.79 Å². The van der Waals surface area contributed by atoms with Gasteiger partial charge in [0.2, 0.25) is 0 Å². The number of amides is 1. The molecule has 4 heterocycles. The molecule has 2 atom stereocenters. The average molecular weight is 667 g/mol. The number of carbonyl (C=O) groups excluding carboxylic acids is 1. The third-order valence-corrected chi connectivity index (χ3v) is 11.6. The van der Waals surface area contributed by atoms with Crippen LogP contribution >= 0.6 is 11.3 Å². The number of aromatic nitrogens is 2. The monoisotopic (exact) mass is 666 g/mol. The fraction of sp³-hybridized carbons (Fsp3) is 0.488. The lowest BCUT2D eigenvalue weighted by molar-refractivity contribution is 0.103. The molecule has 48 heavy (non-hydrogen) atoms. The number of aryl methyl sites for hydroxylation is 4. The first-order valence-corrected chi connectivity index (χ1v) is 18.9. The Kier molecular flexibility index (Phi) is 12.3. The van der Waals surface area contributed by atoms with Crippen molar-refractivity contribution in [2.45, 2.75) is 105 Å². The molecule has 1 aliphatic carbocycles. The highest BCUT2D eigenvalue weighted by Crippen LogP contribution is 2.33. The SMILES string of the molecule is CCC(C)c1cc(-c2cccc(NC(=O)c3cc4c(s3)CCCCC4)c2C)cn(C)c1=O.CCC1CCCN(c2ccc(C)nc2)CC1. The summed E-state index contributed by atoms with van der Waals surface area (Å²) in [5.41, 5.74) is 8.49. The topological polar surface area (TPSA) is 67.2 Å². The van der Waals surface area contributed by atoms with Gasteiger partial charge in [-0.05, 0) is 130 Å². The average Bonchev–Trinajstić information content (AvgIpc) is 3.22. The van der Waals surface area contributed by atoms with Crippen LogP contribution in [-0.2, 0) is 19.9 Å². The number of carbonyl (C=O) groups is 1. The van der Waals surface area contributed by atoms with Crippen LogP contribution in [0.1, 0.15) is 115 Å². The van der Waals surface area contributed by atoms with Crippen LogP contribution in [0.4, 0.5) is 11.4 Å². The van der Waals surface area contributed by atoms with E-state index in [-0.39, 0.29) is 17.4 Å². The number of hydrogen-bond donors (Lipinski definition) is 1. The molecule has 1 aromatic carbocycles. The summed E-state index contributed by atoms with van der Waals surface area (Å²) in [6.07, 6.45) is 16.1. The van der Waals surface area contributed by atoms with Crippen LogP contribution in [0.3, 0.4) is 0 Å². The molecule has 4 aromatic rings. The summed E-state index contributed by atoms with van der Waals surface area (Å²) in [6.45, 7) is 13.0. The number of benzene rings is 1. The van der Waals surface area contributed by atoms with Gasteiger partial charge in [-0.1, -0.05) is 45.7 Å². The van der Waals surface area contributed by atoms with E-state index in [4.69, 9.17) is 0 Å². The lowest BCUT2D eigenvalue weighted by Gasteiger charge is -2.22. The van der Waals surface area contributed by atoms with E-state index in [0.29, 0.717) is 0 Å². The highest BCUT2D eigenvalue weighted by atomic mass is 32.1. The minimum atomic E-state index is -0.0379. The van der Waals surface area contributed by atoms with E-state index in [0.717, 1.165) is 63.7 Å². The molecule has 1 N–H and O–H groups in total. The van der Waals surface area contributed by atoms with E-state index >= 15 is 0 Å². The minimum Gasteiger partial charge on any atom is -0.370 e. The van der Waals surface area contributed by atoms with Crippen molar-refractivity contribution in [1.82, 2.24) is 9.55 Å². The summed E-state index contributed by atoms with van der Waals surface area (Å²) in [6, 6.07) is 14.4. The Bertz CT molecular complexity index is 1710. The summed E-state index contributed by atoms with van der Waals surface area (Å²) < 4.78 is 1.67. The number of nitrogens with zero attached hydrogens (tertiary/aromatic N) is 3. The summed E-state index contributed by atoms with van der Waals surface area (Å²) in [7, 11) is 1.81. The molecule has 6 rings (SSSR count). The van der Waals surface area contributed by atoms with Crippen molar-refractivity contribution in [2.24, 2.45) is 13.0 Å². The van der Waals surface area contributed by atoms with E-state index in [2.05, 4.69) is 60.2 Å². The number of hydrogen-bond acceptors (Lipinski definition) is 5. The van der Waals surface area contributed by atoms with Gasteiger partial charge in [0, 0.05) is 48.2 Å². The van der Waals surface area contributed by atoms with Crippen LogP contribution in [0.2, 0.25) is 0 Å². The van der Waals surface area contributed by atoms with Gasteiger partial charge in [0.1, 0.15) is 0 Å². The molecule has 7 heteroatoms. The molecule has 0 radical (unpaired) electrons. The molecular formula is C41H54N4O2S. The molecule has 0 bridgehead atoms. The second kappa shape index (κ2) is 16.6. The molecule has 1 fully saturated rings. The molecule has 1 aliphatic heterocycles. The summed E-state index contributed by atoms with van der Waals surface area (Å²) >= 11 is 1.64. The summed E-state index contributed by atoms with van der Waals surface area (Å²) in [5, 5.41) is 3.14. The second-order valence-electron chi connectivity index (χ2n) is 13.8. The number of nitrogens with one attached hydrogen (secondary N) is 1. The Morgan fingerprint density at radius 3 is 2.58 bits per heavy atom. The first-order valence-electron chi connectivity index (χ1n) is 18.1. The smallest absolute Gasteiger partial charge is 0.265 e. The van der Waals surface area contributed by atoms with Crippen LogP contribution in [0.25, 0.3) is 11.1 Å². The maximum atomic E-state index is 13.1. The minimum absolute atomic E-state index is 0.0379. The predicted octanol–water partition coefficient (Wildman–Crippen LogP) is 9.86. The molecule has 1 saturated heterocycles. The second-order valence-corrected chi connectivity index (χ2v) is 14.9. The van der Waals surface area contributed by atoms with Gasteiger partial charge in [0.05, 0.1) is 16.8 Å². The zero-order valence-corrected chi connectivity index (χ0v) is 30.7. The fourth-order valence-electron chi connectivity index (χ4n) is 6.98. The van der Waals surface area contributed by atoms with E-state index in [1.54, 1.807) is 23.0 Å². The van der Waals surface area contributed by atoms with Crippen molar-refractivity contribution in [3.63, 3.8) is 0 Å². The van der Waals surface area contributed by atoms with Crippen LogP contribution in [-0.4, -0.2) is 28.5 Å². The molecule has 0 saturated carbocycles. The Morgan fingerprint density at radius 2 is 1.83 bits per heavy atom. The zero-order chi connectivity index (χ0) is 34.2. The van der Waals surface area contributed by atoms with Gasteiger partial charge in [0.25, 0.3) is 11.5 Å². The van der Waals surface area contributed by atoms with Crippen LogP contribution < -0.4 is 15.8 Å². The highest BCUT2D eigenvalue weighted by molar-refractivity contribution is 7.14. The van der Waals surface area contributed by atoms with E-state index < -0.39 is 0 Å². The first-order chi connectivity index (χ1) is 23.2. The lowest BCUT2D eigenvalue weighted by Crippen LogP contribution is -2.24. The van der Waals surface area contributed by atoms with Gasteiger partial charge in [-0.25, -0.2) is 0 Å². The van der Waals surface area contributed by atoms with E-state index in [1.165, 1.54) is 74.2 Å². The fourth-order valence-corrected chi connectivity index (χ4v) is 8.13. The van der Waals surface area contributed by atoms with Crippen molar-refractivity contribution in [3.8, 4) is 11.1 Å². The van der Waals surface area contributed by atoms with Crippen molar-refractivity contribution in [2.75, 3.05) is 23.3 Å². The van der Waals surface area contributed by atoms with Gasteiger partial charge >= 0.3 is 0 Å². The van der Waals surface area contributed by atoms with E-state index in [9.17, 15) is 9.59 Å². The molecule has 3 aromatic heterocycles. The molecule has 2 aliphatic rings. The zero-order valence-electron chi connectivity index (χ0n) is 29.9. The van der Waals surface area contributed by atoms with Gasteiger partial charge in [-0.2, -0.15) is 0 Å². The number of anilines is 2. The van der Waals surface area contributed by atoms with Gasteiger partial charge in [-0.15, -0.1) is 11.3 Å². The van der Waals surface area contributed by atoms with E-state index in [1.807, 2.05) is 44.4 Å². The summed E-state index contributed by atoms with van der Waals surface area (Å²) in [4.78, 5) is 34.7. The van der Waals surface area contributed by atoms with Crippen molar-refractivity contribution in [1.29, 1.82) is 0 Å². The number of pyridine rings is 2. The van der Waals surface area contributed by atoms with Crippen LogP contribution in [0, 0.1) is 19.8 Å². The molecule has 0 spiro atoms. The molecule has 2 unspecified atom stereocenters. The maximum Gasteiger partial charge on any atom is 0.265 e. The normalized spacial score (nSPS) is 17.0. The third kappa shape index (κ3) is 8.65. The maximum absolute atomic E-state index is 13.1. The lowest BCUT2D eigenvalue weighted by atomic mass is 9.94. The van der Waals surface area contributed by atoms with Gasteiger partial charge in [-0.3, -0.25) is 14.6 Å². The predicted molar refractivity (Wildman–Crippen MR) is 203 cm³/mol. The Labute approximate surface area is 291 Å². The van der Waals surface area contributed by atoms with Crippen LogP contribution in [0.5, 0.6) is 0 Å². The Hall–Kier alpha value is -3.71. The standard InChI is InChI=1S/C27H32N2O2S.C14H22N2/c1-5-17(2)22-14-20(16-29(4)27(22)31)21-11-9-12-23(18(21)3)28-26(30)25-15-19-10-7-6-8-13-24(19)32-25;1-3-13-5-4-9-16(10-8-13)14-7-6-12(2)15-11-14/h9,11-12,14-17H,5-8,10,13H2,1-4H3,(H,28,30);6-7,11,13H,3-5,8-10H2,1-2H3. The number of fused-ring (bicyclic) bond motifs is 1. The highest BCUT2D eigenvalue weighted by Gasteiger charge is 2.19. The quantitative estimate of drug-likeness (QED) is 0.200. The number of rotatable bonds is 7. The third-order valence-electron chi connectivity index (χ3n) is 10.4. The van der Waals surface area contributed by atoms with Gasteiger partial charge in [0.15, 0.2) is 0 Å². The summed E-state index contributed by atoms with van der Waals surface area (Å²) in [5.74, 6) is 1.10. The number of thiophene rings is 1. The van der Waals surface area contributed by atoms with Gasteiger partial charge < -0.3 is 14.8 Å². The Balaban J connectivity index is 0.000000236. The first kappa shape index (κ1) is 35.6. The van der Waals surface area contributed by atoms with Crippen molar-refractivity contribution in [3.05, 3.63) is 97.4 Å².